The van der Waals surface area contributed by atoms with E-state index < -0.39 is 22.1 Å². The first-order chi connectivity index (χ1) is 8.30. The Morgan fingerprint density at radius 3 is 2.50 bits per heavy atom. The Balaban J connectivity index is 2.73. The zero-order valence-corrected chi connectivity index (χ0v) is 12.0. The van der Waals surface area contributed by atoms with Crippen LogP contribution in [0.2, 0.25) is 0 Å². The number of hydrogen-bond donors (Lipinski definition) is 1. The lowest BCUT2D eigenvalue weighted by Crippen LogP contribution is -2.41. The van der Waals surface area contributed by atoms with Crippen molar-refractivity contribution in [2.75, 3.05) is 26.7 Å². The van der Waals surface area contributed by atoms with E-state index in [1.807, 2.05) is 6.92 Å². The van der Waals surface area contributed by atoms with E-state index in [-0.39, 0.29) is 19.0 Å². The maximum absolute atomic E-state index is 12.2. The lowest BCUT2D eigenvalue weighted by Gasteiger charge is -2.23. The normalized spacial score (nSPS) is 25.8. The second-order valence-corrected chi connectivity index (χ2v) is 6.96. The Bertz CT molecular complexity index is 396. The van der Waals surface area contributed by atoms with E-state index in [0.717, 1.165) is 12.8 Å². The minimum Gasteiger partial charge on any atom is -0.481 e. The van der Waals surface area contributed by atoms with Gasteiger partial charge in [-0.05, 0) is 12.3 Å². The van der Waals surface area contributed by atoms with Gasteiger partial charge in [0.1, 0.15) is 0 Å². The van der Waals surface area contributed by atoms with Crippen molar-refractivity contribution < 1.29 is 18.3 Å². The van der Waals surface area contributed by atoms with E-state index >= 15 is 0 Å². The number of unbranched alkanes of at least 4 members (excludes halogenated alkanes) is 1. The predicted molar refractivity (Wildman–Crippen MR) is 68.3 cm³/mol. The number of hydrogen-bond acceptors (Lipinski definition) is 3. The van der Waals surface area contributed by atoms with E-state index in [4.69, 9.17) is 5.11 Å². The average molecular weight is 278 g/mol. The van der Waals surface area contributed by atoms with Gasteiger partial charge in [-0.1, -0.05) is 20.3 Å². The van der Waals surface area contributed by atoms with Gasteiger partial charge in [-0.15, -0.1) is 0 Å². The molecule has 2 unspecified atom stereocenters. The molecule has 1 aliphatic heterocycles. The van der Waals surface area contributed by atoms with Gasteiger partial charge in [-0.3, -0.25) is 4.79 Å². The number of rotatable bonds is 6. The summed E-state index contributed by atoms with van der Waals surface area (Å²) in [4.78, 5) is 11.0. The van der Waals surface area contributed by atoms with E-state index in [1.54, 1.807) is 14.0 Å². The van der Waals surface area contributed by atoms with Gasteiger partial charge < -0.3 is 5.11 Å². The van der Waals surface area contributed by atoms with Gasteiger partial charge in [-0.25, -0.2) is 0 Å². The molecular weight excluding hydrogens is 256 g/mol. The van der Waals surface area contributed by atoms with Crippen LogP contribution in [0.4, 0.5) is 0 Å². The average Bonchev–Trinajstić information content (AvgIpc) is 2.68. The zero-order chi connectivity index (χ0) is 13.9. The highest BCUT2D eigenvalue weighted by molar-refractivity contribution is 7.86. The summed E-state index contributed by atoms with van der Waals surface area (Å²) in [5.74, 6) is -1.66. The van der Waals surface area contributed by atoms with Gasteiger partial charge in [0.15, 0.2) is 0 Å². The van der Waals surface area contributed by atoms with Crippen LogP contribution in [0, 0.1) is 11.8 Å². The number of aliphatic carboxylic acids is 1. The maximum atomic E-state index is 12.2. The first-order valence-electron chi connectivity index (χ1n) is 6.25. The van der Waals surface area contributed by atoms with E-state index in [1.165, 1.54) is 8.61 Å². The van der Waals surface area contributed by atoms with Crippen molar-refractivity contribution in [3.05, 3.63) is 0 Å². The largest absolute Gasteiger partial charge is 0.481 e. The summed E-state index contributed by atoms with van der Waals surface area (Å²) >= 11 is 0. The molecule has 1 saturated heterocycles. The van der Waals surface area contributed by atoms with Gasteiger partial charge in [0, 0.05) is 26.7 Å². The molecule has 1 N–H and O–H groups in total. The topological polar surface area (TPSA) is 77.9 Å². The molecule has 1 fully saturated rings. The molecule has 7 heteroatoms. The molecule has 18 heavy (non-hydrogen) atoms. The third-order valence-corrected chi connectivity index (χ3v) is 5.36. The monoisotopic (exact) mass is 278 g/mol. The van der Waals surface area contributed by atoms with Gasteiger partial charge in [0.2, 0.25) is 0 Å². The Morgan fingerprint density at radius 2 is 2.06 bits per heavy atom. The summed E-state index contributed by atoms with van der Waals surface area (Å²) in [6.45, 7) is 4.62. The van der Waals surface area contributed by atoms with E-state index in [9.17, 15) is 13.2 Å². The third-order valence-electron chi connectivity index (χ3n) is 3.44. The molecular formula is C11H22N2O4S. The molecule has 0 aromatic heterocycles. The van der Waals surface area contributed by atoms with Crippen molar-refractivity contribution >= 4 is 16.2 Å². The quantitative estimate of drug-likeness (QED) is 0.772. The second kappa shape index (κ2) is 5.99. The molecule has 0 bridgehead atoms. The highest BCUT2D eigenvalue weighted by atomic mass is 32.2. The summed E-state index contributed by atoms with van der Waals surface area (Å²) in [7, 11) is -1.96. The molecule has 0 radical (unpaired) electrons. The molecule has 1 aliphatic rings. The third kappa shape index (κ3) is 3.21. The van der Waals surface area contributed by atoms with Gasteiger partial charge >= 0.3 is 5.97 Å². The number of carboxylic acids is 1. The fourth-order valence-electron chi connectivity index (χ4n) is 2.13. The van der Waals surface area contributed by atoms with Crippen molar-refractivity contribution in [2.24, 2.45) is 11.8 Å². The molecule has 106 valence electrons. The molecule has 1 heterocycles. The summed E-state index contributed by atoms with van der Waals surface area (Å²) in [5.41, 5.74) is 0. The summed E-state index contributed by atoms with van der Waals surface area (Å²) in [5, 5.41) is 9.01. The molecule has 0 aromatic rings. The summed E-state index contributed by atoms with van der Waals surface area (Å²) in [6.07, 6.45) is 1.73. The minimum atomic E-state index is -3.51. The SMILES string of the molecule is CCCCN(C)S(=O)(=O)N1CC(C)C(C(=O)O)C1. The second-order valence-electron chi connectivity index (χ2n) is 4.92. The van der Waals surface area contributed by atoms with Crippen molar-refractivity contribution in [3.63, 3.8) is 0 Å². The van der Waals surface area contributed by atoms with Gasteiger partial charge in [0.05, 0.1) is 5.92 Å². The number of nitrogens with zero attached hydrogens (tertiary/aromatic N) is 2. The molecule has 2 atom stereocenters. The van der Waals surface area contributed by atoms with Crippen LogP contribution in [0.3, 0.4) is 0 Å². The predicted octanol–water partition coefficient (Wildman–Crippen LogP) is 0.616. The number of carbonyl (C=O) groups is 1. The first-order valence-corrected chi connectivity index (χ1v) is 7.64. The molecule has 0 aliphatic carbocycles. The van der Waals surface area contributed by atoms with Gasteiger partial charge in [-0.2, -0.15) is 17.0 Å². The summed E-state index contributed by atoms with van der Waals surface area (Å²) < 4.78 is 27.0. The van der Waals surface area contributed by atoms with Crippen LogP contribution in [0.1, 0.15) is 26.7 Å². The summed E-state index contributed by atoms with van der Waals surface area (Å²) in [6, 6.07) is 0. The molecule has 0 aromatic carbocycles. The lowest BCUT2D eigenvalue weighted by atomic mass is 9.99. The highest BCUT2D eigenvalue weighted by Crippen LogP contribution is 2.26. The first kappa shape index (κ1) is 15.4. The van der Waals surface area contributed by atoms with Crippen molar-refractivity contribution in [1.29, 1.82) is 0 Å². The van der Waals surface area contributed by atoms with Crippen LogP contribution in [-0.4, -0.2) is 54.8 Å². The smallest absolute Gasteiger partial charge is 0.308 e. The van der Waals surface area contributed by atoms with E-state index in [2.05, 4.69) is 0 Å². The van der Waals surface area contributed by atoms with Crippen LogP contribution >= 0.6 is 0 Å². The Kier molecular flexibility index (Phi) is 5.12. The van der Waals surface area contributed by atoms with Gasteiger partial charge in [0.25, 0.3) is 10.2 Å². The molecule has 0 amide bonds. The van der Waals surface area contributed by atoms with Crippen LogP contribution in [0.5, 0.6) is 0 Å². The number of carboxylic acid groups (broad SMARTS) is 1. The fourth-order valence-corrected chi connectivity index (χ4v) is 3.65. The molecule has 0 spiro atoms. The Hall–Kier alpha value is -0.660. The van der Waals surface area contributed by atoms with Crippen LogP contribution < -0.4 is 0 Å². The zero-order valence-electron chi connectivity index (χ0n) is 11.2. The molecule has 0 saturated carbocycles. The Morgan fingerprint density at radius 1 is 1.44 bits per heavy atom. The Labute approximate surface area is 109 Å². The van der Waals surface area contributed by atoms with Crippen molar-refractivity contribution in [2.45, 2.75) is 26.7 Å². The maximum Gasteiger partial charge on any atom is 0.308 e. The van der Waals surface area contributed by atoms with Crippen molar-refractivity contribution in [3.8, 4) is 0 Å². The van der Waals surface area contributed by atoms with Crippen LogP contribution in [-0.2, 0) is 15.0 Å². The lowest BCUT2D eigenvalue weighted by molar-refractivity contribution is -0.142. The van der Waals surface area contributed by atoms with Crippen LogP contribution in [0.15, 0.2) is 0 Å². The van der Waals surface area contributed by atoms with E-state index in [0.29, 0.717) is 6.54 Å². The molecule has 6 nitrogen and oxygen atoms in total. The highest BCUT2D eigenvalue weighted by Gasteiger charge is 2.41. The van der Waals surface area contributed by atoms with Crippen molar-refractivity contribution in [1.82, 2.24) is 8.61 Å². The molecule has 1 rings (SSSR count). The van der Waals surface area contributed by atoms with Crippen LogP contribution in [0.25, 0.3) is 0 Å². The fraction of sp³-hybridized carbons (Fsp3) is 0.909. The standard InChI is InChI=1S/C11H22N2O4S/c1-4-5-6-12(3)18(16,17)13-7-9(2)10(8-13)11(14)15/h9-10H,4-8H2,1-3H3,(H,14,15). The minimum absolute atomic E-state index is 0.0787.